The molecular formula is C30H29FN4O4S. The minimum atomic E-state index is -0.861. The number of carbonyl (C=O) groups is 3. The van der Waals surface area contributed by atoms with Gasteiger partial charge in [-0.3, -0.25) is 19.3 Å². The summed E-state index contributed by atoms with van der Waals surface area (Å²) in [4.78, 5) is 43.7. The van der Waals surface area contributed by atoms with Crippen molar-refractivity contribution in [2.24, 2.45) is 0 Å². The van der Waals surface area contributed by atoms with Crippen LogP contribution in [0.5, 0.6) is 5.75 Å². The third-order valence-corrected chi connectivity index (χ3v) is 7.32. The largest absolute Gasteiger partial charge is 0.494 e. The van der Waals surface area contributed by atoms with E-state index in [1.54, 1.807) is 34.1 Å². The third kappa shape index (κ3) is 5.81. The van der Waals surface area contributed by atoms with Crippen LogP contribution in [0, 0.1) is 5.82 Å². The van der Waals surface area contributed by atoms with E-state index in [4.69, 9.17) is 17.0 Å². The summed E-state index contributed by atoms with van der Waals surface area (Å²) in [5.41, 5.74) is 2.70. The van der Waals surface area contributed by atoms with Crippen LogP contribution in [0.25, 0.3) is 0 Å². The van der Waals surface area contributed by atoms with Crippen LogP contribution in [0.1, 0.15) is 31.7 Å². The van der Waals surface area contributed by atoms with Gasteiger partial charge in [0.25, 0.3) is 5.91 Å². The fourth-order valence-corrected chi connectivity index (χ4v) is 5.32. The van der Waals surface area contributed by atoms with Crippen molar-refractivity contribution in [3.63, 3.8) is 0 Å². The average Bonchev–Trinajstić information content (AvgIpc) is 3.47. The number of carbonyl (C=O) groups excluding carboxylic acids is 3. The number of thiocarbonyl (C=S) groups is 1. The zero-order valence-electron chi connectivity index (χ0n) is 22.0. The molecule has 0 bridgehead atoms. The van der Waals surface area contributed by atoms with Gasteiger partial charge in [0, 0.05) is 30.9 Å². The quantitative estimate of drug-likeness (QED) is 0.376. The fraction of sp³-hybridized carbons (Fsp3) is 0.267. The maximum absolute atomic E-state index is 13.6. The van der Waals surface area contributed by atoms with E-state index in [1.165, 1.54) is 29.2 Å². The van der Waals surface area contributed by atoms with Crippen molar-refractivity contribution < 1.29 is 23.5 Å². The highest BCUT2D eigenvalue weighted by Gasteiger charge is 2.44. The van der Waals surface area contributed by atoms with Gasteiger partial charge in [-0.25, -0.2) is 4.39 Å². The lowest BCUT2D eigenvalue weighted by Gasteiger charge is -2.24. The van der Waals surface area contributed by atoms with Gasteiger partial charge in [-0.1, -0.05) is 12.1 Å². The lowest BCUT2D eigenvalue weighted by atomic mass is 10.1. The first-order valence-electron chi connectivity index (χ1n) is 13.2. The molecule has 2 saturated heterocycles. The molecule has 0 spiro atoms. The highest BCUT2D eigenvalue weighted by Crippen LogP contribution is 2.30. The van der Waals surface area contributed by atoms with Crippen LogP contribution < -0.4 is 19.9 Å². The van der Waals surface area contributed by atoms with Gasteiger partial charge in [-0.2, -0.15) is 0 Å². The molecule has 0 unspecified atom stereocenters. The van der Waals surface area contributed by atoms with Crippen molar-refractivity contribution in [2.75, 3.05) is 28.3 Å². The molecule has 8 nitrogen and oxygen atoms in total. The summed E-state index contributed by atoms with van der Waals surface area (Å²) >= 11 is 5.72. The van der Waals surface area contributed by atoms with Crippen LogP contribution >= 0.6 is 12.2 Å². The van der Waals surface area contributed by atoms with Crippen LogP contribution in [0.4, 0.5) is 21.5 Å². The summed E-state index contributed by atoms with van der Waals surface area (Å²) in [6, 6.07) is 19.2. The van der Waals surface area contributed by atoms with Gasteiger partial charge in [0.2, 0.25) is 11.8 Å². The topological polar surface area (TPSA) is 82.2 Å². The maximum Gasteiger partial charge on any atom is 0.256 e. The van der Waals surface area contributed by atoms with Crippen LogP contribution in [-0.4, -0.2) is 46.9 Å². The molecule has 1 N–H and O–H groups in total. The van der Waals surface area contributed by atoms with Gasteiger partial charge in [0.1, 0.15) is 17.6 Å². The normalized spacial score (nSPS) is 17.1. The van der Waals surface area contributed by atoms with Crippen molar-refractivity contribution in [3.8, 4) is 5.75 Å². The number of hydrogen-bond acceptors (Lipinski definition) is 5. The second-order valence-corrected chi connectivity index (χ2v) is 9.97. The Hall–Kier alpha value is -4.31. The molecule has 0 saturated carbocycles. The van der Waals surface area contributed by atoms with Gasteiger partial charge in [-0.15, -0.1) is 0 Å². The number of amides is 3. The molecule has 3 amide bonds. The van der Waals surface area contributed by atoms with E-state index in [0.29, 0.717) is 36.7 Å². The molecule has 2 fully saturated rings. The summed E-state index contributed by atoms with van der Waals surface area (Å²) in [5.74, 6) is -0.344. The smallest absolute Gasteiger partial charge is 0.256 e. The predicted molar refractivity (Wildman–Crippen MR) is 155 cm³/mol. The highest BCUT2D eigenvalue weighted by molar-refractivity contribution is 7.80. The molecule has 2 aliphatic heterocycles. The standard InChI is InChI=1S/C30H29FN4O4S/c1-2-39-25-15-9-22(10-16-25)32-27(36)18-26-29(38)35(24-13-7-21(31)8-14-24)30(40)34(26)19-20-5-11-23(12-6-20)33-17-3-4-28(33)37/h5-16,26H,2-4,17-19H2,1H3,(H,32,36)/t26-/m0/s1. The van der Waals surface area contributed by atoms with E-state index in [0.717, 1.165) is 17.7 Å². The number of rotatable bonds is 9. The van der Waals surface area contributed by atoms with E-state index in [-0.39, 0.29) is 35.8 Å². The molecule has 3 aromatic carbocycles. The summed E-state index contributed by atoms with van der Waals surface area (Å²) in [7, 11) is 0. The first-order valence-corrected chi connectivity index (χ1v) is 13.6. The molecule has 10 heteroatoms. The Morgan fingerprint density at radius 1 is 1.00 bits per heavy atom. The molecule has 206 valence electrons. The fourth-order valence-electron chi connectivity index (χ4n) is 4.93. The number of anilines is 3. The second-order valence-electron chi connectivity index (χ2n) is 9.60. The van der Waals surface area contributed by atoms with Gasteiger partial charge < -0.3 is 19.9 Å². The van der Waals surface area contributed by atoms with Crippen molar-refractivity contribution in [2.45, 2.75) is 38.8 Å². The molecule has 2 aliphatic rings. The Kier molecular flexibility index (Phi) is 8.06. The van der Waals surface area contributed by atoms with E-state index in [9.17, 15) is 18.8 Å². The average molecular weight is 561 g/mol. The van der Waals surface area contributed by atoms with E-state index in [2.05, 4.69) is 5.32 Å². The van der Waals surface area contributed by atoms with Gasteiger partial charge in [0.15, 0.2) is 5.11 Å². The summed E-state index contributed by atoms with van der Waals surface area (Å²) < 4.78 is 19.0. The molecular weight excluding hydrogens is 531 g/mol. The van der Waals surface area contributed by atoms with E-state index >= 15 is 0 Å². The number of halogens is 1. The molecule has 2 heterocycles. The Bertz CT molecular complexity index is 1410. The zero-order chi connectivity index (χ0) is 28.2. The number of nitrogens with one attached hydrogen (secondary N) is 1. The van der Waals surface area contributed by atoms with Crippen LogP contribution in [-0.2, 0) is 20.9 Å². The zero-order valence-corrected chi connectivity index (χ0v) is 22.8. The van der Waals surface area contributed by atoms with Gasteiger partial charge in [0.05, 0.1) is 18.7 Å². The van der Waals surface area contributed by atoms with Crippen molar-refractivity contribution in [1.29, 1.82) is 0 Å². The van der Waals surface area contributed by atoms with Crippen molar-refractivity contribution in [3.05, 3.63) is 84.2 Å². The Labute approximate surface area is 237 Å². The van der Waals surface area contributed by atoms with E-state index in [1.807, 2.05) is 31.2 Å². The monoisotopic (exact) mass is 560 g/mol. The lowest BCUT2D eigenvalue weighted by molar-refractivity contribution is -0.124. The number of ether oxygens (including phenoxy) is 1. The van der Waals surface area contributed by atoms with Crippen LogP contribution in [0.15, 0.2) is 72.8 Å². The number of hydrogen-bond donors (Lipinski definition) is 1. The van der Waals surface area contributed by atoms with Crippen LogP contribution in [0.3, 0.4) is 0 Å². The minimum Gasteiger partial charge on any atom is -0.494 e. The first kappa shape index (κ1) is 27.3. The molecule has 0 aromatic heterocycles. The van der Waals surface area contributed by atoms with Crippen molar-refractivity contribution >= 4 is 52.1 Å². The molecule has 5 rings (SSSR count). The summed E-state index contributed by atoms with van der Waals surface area (Å²) in [6.45, 7) is 3.40. The molecule has 0 radical (unpaired) electrons. The maximum atomic E-state index is 13.6. The summed E-state index contributed by atoms with van der Waals surface area (Å²) in [6.07, 6.45) is 1.25. The third-order valence-electron chi connectivity index (χ3n) is 6.91. The number of benzene rings is 3. The Balaban J connectivity index is 1.36. The van der Waals surface area contributed by atoms with E-state index < -0.39 is 11.9 Å². The SMILES string of the molecule is CCOc1ccc(NC(=O)C[C@H]2C(=O)N(c3ccc(F)cc3)C(=S)N2Cc2ccc(N3CCCC3=O)cc2)cc1. The van der Waals surface area contributed by atoms with Crippen molar-refractivity contribution in [1.82, 2.24) is 4.90 Å². The van der Waals surface area contributed by atoms with Gasteiger partial charge >= 0.3 is 0 Å². The van der Waals surface area contributed by atoms with Gasteiger partial charge in [-0.05, 0) is 91.8 Å². The summed E-state index contributed by atoms with van der Waals surface area (Å²) in [5, 5.41) is 3.07. The molecule has 0 aliphatic carbocycles. The number of nitrogens with zero attached hydrogens (tertiary/aromatic N) is 3. The molecule has 40 heavy (non-hydrogen) atoms. The lowest BCUT2D eigenvalue weighted by Crippen LogP contribution is -2.37. The second kappa shape index (κ2) is 11.8. The predicted octanol–water partition coefficient (Wildman–Crippen LogP) is 4.88. The van der Waals surface area contributed by atoms with Crippen LogP contribution in [0.2, 0.25) is 0 Å². The Morgan fingerprint density at radius 2 is 1.68 bits per heavy atom. The molecule has 1 atom stereocenters. The molecule has 3 aromatic rings. The minimum absolute atomic E-state index is 0.104. The first-order chi connectivity index (χ1) is 19.3. The Morgan fingerprint density at radius 3 is 2.30 bits per heavy atom. The highest BCUT2D eigenvalue weighted by atomic mass is 32.1.